The minimum atomic E-state index is -1.05. The Labute approximate surface area is 148 Å². The zero-order chi connectivity index (χ0) is 17.2. The molecule has 2 aliphatic rings. The van der Waals surface area contributed by atoms with Crippen LogP contribution in [-0.4, -0.2) is 53.0 Å². The van der Waals surface area contributed by atoms with Gasteiger partial charge in [-0.1, -0.05) is 54.6 Å². The molecule has 2 aromatic carbocycles. The van der Waals surface area contributed by atoms with Crippen molar-refractivity contribution in [3.05, 3.63) is 71.3 Å². The van der Waals surface area contributed by atoms with Gasteiger partial charge in [-0.05, 0) is 29.5 Å². The van der Waals surface area contributed by atoms with Gasteiger partial charge in [0.15, 0.2) is 6.10 Å². The van der Waals surface area contributed by atoms with Crippen LogP contribution < -0.4 is 0 Å². The third-order valence-corrected chi connectivity index (χ3v) is 5.52. The quantitative estimate of drug-likeness (QED) is 0.933. The van der Waals surface area contributed by atoms with Gasteiger partial charge in [-0.15, -0.1) is 0 Å². The maximum Gasteiger partial charge on any atom is 0.256 e. The summed E-state index contributed by atoms with van der Waals surface area (Å²) in [7, 11) is 0. The van der Waals surface area contributed by atoms with Crippen LogP contribution in [0.5, 0.6) is 0 Å². The predicted octanol–water partition coefficient (Wildman–Crippen LogP) is 2.03. The highest BCUT2D eigenvalue weighted by Crippen LogP contribution is 2.26. The Hall–Kier alpha value is -2.17. The Morgan fingerprint density at radius 3 is 2.04 bits per heavy atom. The van der Waals surface area contributed by atoms with Crippen LogP contribution in [0, 0.1) is 0 Å². The van der Waals surface area contributed by atoms with Crippen molar-refractivity contribution in [2.75, 3.05) is 26.2 Å². The highest BCUT2D eigenvalue weighted by atomic mass is 16.3. The number of nitrogens with zero attached hydrogens (tertiary/aromatic N) is 2. The number of hydrogen-bond donors (Lipinski definition) is 1. The molecule has 1 atom stereocenters. The van der Waals surface area contributed by atoms with Gasteiger partial charge in [-0.3, -0.25) is 9.69 Å². The van der Waals surface area contributed by atoms with E-state index in [9.17, 15) is 9.90 Å². The number of piperazine rings is 1. The maximum absolute atomic E-state index is 12.6. The van der Waals surface area contributed by atoms with E-state index in [4.69, 9.17) is 0 Å². The second kappa shape index (κ2) is 6.98. The first-order valence-corrected chi connectivity index (χ1v) is 9.05. The van der Waals surface area contributed by atoms with Crippen LogP contribution in [0.15, 0.2) is 54.6 Å². The van der Waals surface area contributed by atoms with Crippen molar-refractivity contribution in [3.8, 4) is 0 Å². The Balaban J connectivity index is 1.34. The van der Waals surface area contributed by atoms with Gasteiger partial charge < -0.3 is 10.0 Å². The molecular formula is C21H24N2O2. The number of carbonyl (C=O) groups excluding carboxylic acids is 1. The fourth-order valence-corrected chi connectivity index (χ4v) is 4.05. The standard InChI is InChI=1S/C21H24N2O2/c24-20(16-6-2-1-3-7-16)21(25)23-12-10-22(11-13-23)19-14-17-8-4-5-9-18(17)15-19/h1-9,19-20,24H,10-15H2/t20-/m1/s1. The van der Waals surface area contributed by atoms with Crippen LogP contribution in [0.25, 0.3) is 0 Å². The van der Waals surface area contributed by atoms with Crippen LogP contribution in [0.4, 0.5) is 0 Å². The number of aliphatic hydroxyl groups excluding tert-OH is 1. The van der Waals surface area contributed by atoms with Crippen molar-refractivity contribution in [1.29, 1.82) is 0 Å². The monoisotopic (exact) mass is 336 g/mol. The van der Waals surface area contributed by atoms with Gasteiger partial charge in [0.25, 0.3) is 5.91 Å². The van der Waals surface area contributed by atoms with Crippen molar-refractivity contribution in [2.24, 2.45) is 0 Å². The van der Waals surface area contributed by atoms with Crippen LogP contribution in [0.1, 0.15) is 22.8 Å². The molecule has 4 rings (SSSR count). The predicted molar refractivity (Wildman–Crippen MR) is 97.2 cm³/mol. The fraction of sp³-hybridized carbons (Fsp3) is 0.381. The minimum Gasteiger partial charge on any atom is -0.378 e. The summed E-state index contributed by atoms with van der Waals surface area (Å²) in [6.07, 6.45) is 1.16. The van der Waals surface area contributed by atoms with Crippen molar-refractivity contribution in [1.82, 2.24) is 9.80 Å². The topological polar surface area (TPSA) is 43.8 Å². The van der Waals surface area contributed by atoms with E-state index in [1.54, 1.807) is 17.0 Å². The summed E-state index contributed by atoms with van der Waals surface area (Å²) in [4.78, 5) is 16.9. The second-order valence-electron chi connectivity index (χ2n) is 7.01. The molecule has 0 aromatic heterocycles. The number of hydrogen-bond acceptors (Lipinski definition) is 3. The average Bonchev–Trinajstić information content (AvgIpc) is 3.12. The van der Waals surface area contributed by atoms with E-state index < -0.39 is 6.10 Å². The lowest BCUT2D eigenvalue weighted by atomic mass is 10.1. The molecular weight excluding hydrogens is 312 g/mol. The molecule has 4 heteroatoms. The van der Waals surface area contributed by atoms with Crippen LogP contribution >= 0.6 is 0 Å². The van der Waals surface area contributed by atoms with E-state index in [1.165, 1.54) is 11.1 Å². The van der Waals surface area contributed by atoms with Gasteiger partial charge in [0.2, 0.25) is 0 Å². The normalized spacial score (nSPS) is 19.6. The Kier molecular flexibility index (Phi) is 4.55. The molecule has 1 N–H and O–H groups in total. The third kappa shape index (κ3) is 3.32. The van der Waals surface area contributed by atoms with E-state index in [0.717, 1.165) is 25.9 Å². The molecule has 1 heterocycles. The largest absolute Gasteiger partial charge is 0.378 e. The molecule has 2 aromatic rings. The zero-order valence-corrected chi connectivity index (χ0v) is 14.3. The molecule has 0 unspecified atom stereocenters. The van der Waals surface area contributed by atoms with Gasteiger partial charge in [-0.2, -0.15) is 0 Å². The first-order valence-electron chi connectivity index (χ1n) is 9.05. The molecule has 4 nitrogen and oxygen atoms in total. The molecule has 1 fully saturated rings. The molecule has 0 spiro atoms. The van der Waals surface area contributed by atoms with Gasteiger partial charge in [-0.25, -0.2) is 0 Å². The Morgan fingerprint density at radius 2 is 1.44 bits per heavy atom. The molecule has 1 amide bonds. The maximum atomic E-state index is 12.6. The number of carbonyl (C=O) groups is 1. The SMILES string of the molecule is O=C([C@H](O)c1ccccc1)N1CCN(C2Cc3ccccc3C2)CC1. The number of fused-ring (bicyclic) bond motifs is 1. The summed E-state index contributed by atoms with van der Waals surface area (Å²) < 4.78 is 0. The second-order valence-corrected chi connectivity index (χ2v) is 7.01. The first-order chi connectivity index (χ1) is 12.2. The van der Waals surface area contributed by atoms with E-state index in [-0.39, 0.29) is 5.91 Å². The molecule has 1 aliphatic heterocycles. The van der Waals surface area contributed by atoms with Crippen LogP contribution in [-0.2, 0) is 17.6 Å². The Morgan fingerprint density at radius 1 is 0.880 bits per heavy atom. The third-order valence-electron chi connectivity index (χ3n) is 5.52. The molecule has 1 aliphatic carbocycles. The summed E-state index contributed by atoms with van der Waals surface area (Å²) in [5.41, 5.74) is 3.59. The molecule has 25 heavy (non-hydrogen) atoms. The molecule has 0 saturated carbocycles. The highest BCUT2D eigenvalue weighted by Gasteiger charge is 2.32. The lowest BCUT2D eigenvalue weighted by Crippen LogP contribution is -2.53. The smallest absolute Gasteiger partial charge is 0.256 e. The van der Waals surface area contributed by atoms with E-state index in [0.29, 0.717) is 24.7 Å². The summed E-state index contributed by atoms with van der Waals surface area (Å²) in [5.74, 6) is -0.180. The van der Waals surface area contributed by atoms with Crippen molar-refractivity contribution in [3.63, 3.8) is 0 Å². The number of aliphatic hydroxyl groups is 1. The van der Waals surface area contributed by atoms with Crippen LogP contribution in [0.3, 0.4) is 0 Å². The van der Waals surface area contributed by atoms with Crippen molar-refractivity contribution in [2.45, 2.75) is 25.0 Å². The molecule has 130 valence electrons. The molecule has 1 saturated heterocycles. The zero-order valence-electron chi connectivity index (χ0n) is 14.3. The molecule has 0 radical (unpaired) electrons. The van der Waals surface area contributed by atoms with Gasteiger partial charge in [0.05, 0.1) is 0 Å². The van der Waals surface area contributed by atoms with Gasteiger partial charge in [0, 0.05) is 32.2 Å². The van der Waals surface area contributed by atoms with E-state index in [2.05, 4.69) is 29.2 Å². The Bertz CT molecular complexity index is 714. The fourth-order valence-electron chi connectivity index (χ4n) is 4.05. The summed E-state index contributed by atoms with van der Waals surface area (Å²) in [6.45, 7) is 3.14. The highest BCUT2D eigenvalue weighted by molar-refractivity contribution is 5.82. The van der Waals surface area contributed by atoms with Gasteiger partial charge >= 0.3 is 0 Å². The van der Waals surface area contributed by atoms with E-state index in [1.807, 2.05) is 18.2 Å². The summed E-state index contributed by atoms with van der Waals surface area (Å²) in [6, 6.07) is 18.4. The molecule has 0 bridgehead atoms. The summed E-state index contributed by atoms with van der Waals surface area (Å²) in [5, 5.41) is 10.3. The summed E-state index contributed by atoms with van der Waals surface area (Å²) >= 11 is 0. The van der Waals surface area contributed by atoms with Crippen molar-refractivity contribution >= 4 is 5.91 Å². The lowest BCUT2D eigenvalue weighted by Gasteiger charge is -2.38. The number of benzene rings is 2. The first kappa shape index (κ1) is 16.3. The number of amides is 1. The number of rotatable bonds is 3. The minimum absolute atomic E-state index is 0.180. The lowest BCUT2D eigenvalue weighted by molar-refractivity contribution is -0.142. The van der Waals surface area contributed by atoms with E-state index >= 15 is 0 Å². The van der Waals surface area contributed by atoms with Crippen molar-refractivity contribution < 1.29 is 9.90 Å². The average molecular weight is 336 g/mol. The van der Waals surface area contributed by atoms with Crippen LogP contribution in [0.2, 0.25) is 0 Å². The van der Waals surface area contributed by atoms with Gasteiger partial charge in [0.1, 0.15) is 0 Å².